The van der Waals surface area contributed by atoms with Crippen molar-refractivity contribution in [2.45, 2.75) is 239 Å². The van der Waals surface area contributed by atoms with E-state index < -0.39 is 0 Å². The SMILES string of the molecule is CCCCCCCCCCCCCCCCCCOc1cc(C(=O)NCCCCCCCCCCC)ccc1C(=O)NCCCCCCCCCCC. The summed E-state index contributed by atoms with van der Waals surface area (Å²) in [6.45, 7) is 8.74. The molecule has 2 N–H and O–H groups in total. The zero-order chi connectivity index (χ0) is 38.3. The number of rotatable bonds is 40. The van der Waals surface area contributed by atoms with Gasteiger partial charge < -0.3 is 15.4 Å². The Hall–Kier alpha value is -2.04. The summed E-state index contributed by atoms with van der Waals surface area (Å²) in [6.07, 6.45) is 44.1. The summed E-state index contributed by atoms with van der Waals surface area (Å²) in [5.41, 5.74) is 1.10. The van der Waals surface area contributed by atoms with Crippen molar-refractivity contribution in [1.29, 1.82) is 0 Å². The summed E-state index contributed by atoms with van der Waals surface area (Å²) in [4.78, 5) is 26.3. The van der Waals surface area contributed by atoms with Gasteiger partial charge in [0, 0.05) is 18.7 Å². The molecule has 0 atom stereocenters. The first-order valence-corrected chi connectivity index (χ1v) is 23.5. The Bertz CT molecular complexity index is 964. The minimum Gasteiger partial charge on any atom is -0.493 e. The average molecular weight is 741 g/mol. The van der Waals surface area contributed by atoms with Crippen molar-refractivity contribution in [2.75, 3.05) is 19.7 Å². The maximum Gasteiger partial charge on any atom is 0.255 e. The summed E-state index contributed by atoms with van der Waals surface area (Å²) in [5, 5.41) is 6.22. The fourth-order valence-corrected chi connectivity index (χ4v) is 7.28. The van der Waals surface area contributed by atoms with Crippen LogP contribution >= 0.6 is 0 Å². The second-order valence-corrected chi connectivity index (χ2v) is 16.0. The maximum absolute atomic E-state index is 13.2. The number of amides is 2. The first-order valence-electron chi connectivity index (χ1n) is 23.5. The third-order valence-corrected chi connectivity index (χ3v) is 10.9. The van der Waals surface area contributed by atoms with Gasteiger partial charge in [-0.15, -0.1) is 0 Å². The van der Waals surface area contributed by atoms with Crippen molar-refractivity contribution >= 4 is 11.8 Å². The van der Waals surface area contributed by atoms with Gasteiger partial charge in [0.1, 0.15) is 5.75 Å². The van der Waals surface area contributed by atoms with E-state index in [0.717, 1.165) is 38.5 Å². The number of nitrogens with one attached hydrogen (secondary N) is 2. The summed E-state index contributed by atoms with van der Waals surface area (Å²) < 4.78 is 6.23. The molecule has 0 aromatic heterocycles. The standard InChI is InChI=1S/C48H88N2O3/c1-4-7-10-13-16-19-20-21-22-23-24-25-28-31-34-37-42-53-46-43-44(47(51)49-40-35-32-29-26-17-14-11-8-5-2)38-39-45(46)48(52)50-41-36-33-30-27-18-15-12-9-6-3/h38-39,43H,4-37,40-42H2,1-3H3,(H,49,51)(H,50,52). The van der Waals surface area contributed by atoms with Gasteiger partial charge in [-0.2, -0.15) is 0 Å². The highest BCUT2D eigenvalue weighted by Crippen LogP contribution is 2.22. The second kappa shape index (κ2) is 38.2. The van der Waals surface area contributed by atoms with Gasteiger partial charge in [0.25, 0.3) is 11.8 Å². The highest BCUT2D eigenvalue weighted by Gasteiger charge is 2.16. The van der Waals surface area contributed by atoms with Gasteiger partial charge in [-0.05, 0) is 37.5 Å². The minimum atomic E-state index is -0.104. The maximum atomic E-state index is 13.2. The normalized spacial score (nSPS) is 11.2. The number of hydrogen-bond acceptors (Lipinski definition) is 3. The van der Waals surface area contributed by atoms with E-state index in [0.29, 0.717) is 36.6 Å². The van der Waals surface area contributed by atoms with Crippen LogP contribution in [0.5, 0.6) is 5.75 Å². The smallest absolute Gasteiger partial charge is 0.255 e. The van der Waals surface area contributed by atoms with Crippen LogP contribution < -0.4 is 15.4 Å². The number of hydrogen-bond donors (Lipinski definition) is 2. The first kappa shape index (κ1) is 49.0. The Morgan fingerprint density at radius 3 is 1.11 bits per heavy atom. The van der Waals surface area contributed by atoms with E-state index in [-0.39, 0.29) is 11.8 Å². The zero-order valence-corrected chi connectivity index (χ0v) is 35.6. The molecule has 0 saturated heterocycles. The molecule has 0 radical (unpaired) electrons. The van der Waals surface area contributed by atoms with Gasteiger partial charge in [0.05, 0.1) is 12.2 Å². The van der Waals surface area contributed by atoms with Gasteiger partial charge in [-0.3, -0.25) is 9.59 Å². The fourth-order valence-electron chi connectivity index (χ4n) is 7.28. The lowest BCUT2D eigenvalue weighted by molar-refractivity contribution is 0.0937. The first-order chi connectivity index (χ1) is 26.1. The van der Waals surface area contributed by atoms with Crippen LogP contribution in [0.2, 0.25) is 0 Å². The molecular weight excluding hydrogens is 653 g/mol. The number of carbonyl (C=O) groups is 2. The minimum absolute atomic E-state index is 0.0847. The molecule has 0 aliphatic heterocycles. The van der Waals surface area contributed by atoms with Crippen LogP contribution in [0.1, 0.15) is 260 Å². The molecule has 0 fully saturated rings. The largest absolute Gasteiger partial charge is 0.493 e. The molecular formula is C48H88N2O3. The molecule has 0 saturated carbocycles. The monoisotopic (exact) mass is 741 g/mol. The van der Waals surface area contributed by atoms with E-state index in [4.69, 9.17) is 4.74 Å². The van der Waals surface area contributed by atoms with E-state index in [9.17, 15) is 9.59 Å². The van der Waals surface area contributed by atoms with Crippen LogP contribution in [0.15, 0.2) is 18.2 Å². The summed E-state index contributed by atoms with van der Waals surface area (Å²) >= 11 is 0. The topological polar surface area (TPSA) is 67.4 Å². The van der Waals surface area contributed by atoms with Crippen molar-refractivity contribution in [3.05, 3.63) is 29.3 Å². The van der Waals surface area contributed by atoms with Gasteiger partial charge in [-0.1, -0.05) is 220 Å². The quantitative estimate of drug-likeness (QED) is 0.0658. The predicted molar refractivity (Wildman–Crippen MR) is 231 cm³/mol. The molecule has 0 aliphatic rings. The molecule has 1 aromatic rings. The van der Waals surface area contributed by atoms with E-state index in [1.807, 2.05) is 0 Å². The molecule has 0 heterocycles. The molecule has 0 bridgehead atoms. The highest BCUT2D eigenvalue weighted by atomic mass is 16.5. The van der Waals surface area contributed by atoms with E-state index >= 15 is 0 Å². The Morgan fingerprint density at radius 2 is 0.736 bits per heavy atom. The number of carbonyl (C=O) groups excluding carboxylic acids is 2. The highest BCUT2D eigenvalue weighted by molar-refractivity contribution is 6.00. The Labute approximate surface area is 329 Å². The molecule has 0 aliphatic carbocycles. The molecule has 2 amide bonds. The number of benzene rings is 1. The number of unbranched alkanes of at least 4 members (excludes halogenated alkanes) is 31. The van der Waals surface area contributed by atoms with Crippen LogP contribution in [-0.4, -0.2) is 31.5 Å². The Balaban J connectivity index is 2.42. The fraction of sp³-hybridized carbons (Fsp3) is 0.833. The molecule has 5 heteroatoms. The molecule has 0 unspecified atom stereocenters. The van der Waals surface area contributed by atoms with Gasteiger partial charge in [0.2, 0.25) is 0 Å². The van der Waals surface area contributed by atoms with E-state index in [2.05, 4.69) is 31.4 Å². The van der Waals surface area contributed by atoms with Crippen molar-refractivity contribution in [2.24, 2.45) is 0 Å². The molecule has 308 valence electrons. The van der Waals surface area contributed by atoms with Crippen molar-refractivity contribution in [3.8, 4) is 5.75 Å². The van der Waals surface area contributed by atoms with Crippen LogP contribution in [0.25, 0.3) is 0 Å². The summed E-state index contributed by atoms with van der Waals surface area (Å²) in [5.74, 6) is 0.345. The molecule has 53 heavy (non-hydrogen) atoms. The zero-order valence-electron chi connectivity index (χ0n) is 35.6. The second-order valence-electron chi connectivity index (χ2n) is 16.0. The molecule has 1 rings (SSSR count). The third kappa shape index (κ3) is 29.9. The number of ether oxygens (including phenoxy) is 1. The van der Waals surface area contributed by atoms with Crippen LogP contribution in [0, 0.1) is 0 Å². The van der Waals surface area contributed by atoms with Gasteiger partial charge in [-0.25, -0.2) is 0 Å². The lowest BCUT2D eigenvalue weighted by atomic mass is 10.0. The van der Waals surface area contributed by atoms with Crippen molar-refractivity contribution in [1.82, 2.24) is 10.6 Å². The van der Waals surface area contributed by atoms with Crippen LogP contribution in [0.4, 0.5) is 0 Å². The summed E-state index contributed by atoms with van der Waals surface area (Å²) in [7, 11) is 0. The summed E-state index contributed by atoms with van der Waals surface area (Å²) in [6, 6.07) is 5.34. The molecule has 1 aromatic carbocycles. The Kier molecular flexibility index (Phi) is 35.3. The van der Waals surface area contributed by atoms with Gasteiger partial charge >= 0.3 is 0 Å². The van der Waals surface area contributed by atoms with Crippen LogP contribution in [-0.2, 0) is 0 Å². The molecule has 5 nitrogen and oxygen atoms in total. The third-order valence-electron chi connectivity index (χ3n) is 10.9. The Morgan fingerprint density at radius 1 is 0.415 bits per heavy atom. The average Bonchev–Trinajstić information content (AvgIpc) is 3.17. The lowest BCUT2D eigenvalue weighted by Gasteiger charge is -2.14. The van der Waals surface area contributed by atoms with Crippen molar-refractivity contribution < 1.29 is 14.3 Å². The lowest BCUT2D eigenvalue weighted by Crippen LogP contribution is -2.26. The molecule has 0 spiro atoms. The van der Waals surface area contributed by atoms with E-state index in [1.165, 1.54) is 180 Å². The van der Waals surface area contributed by atoms with Crippen LogP contribution in [0.3, 0.4) is 0 Å². The predicted octanol–water partition coefficient (Wildman–Crippen LogP) is 14.8. The van der Waals surface area contributed by atoms with Crippen molar-refractivity contribution in [3.63, 3.8) is 0 Å². The van der Waals surface area contributed by atoms with Gasteiger partial charge in [0.15, 0.2) is 0 Å². The van der Waals surface area contributed by atoms with E-state index in [1.54, 1.807) is 18.2 Å².